The standard InChI is InChI=1S/C19H14F3N3O/c20-19(21,22)15-5-3-6-16(10-15)24-18(26)14(11-23)12-25-9-8-13-4-1-2-7-17(13)25/h1-7,10,12H,8-9H2,(H,24,26)/b14-12-. The number of amides is 1. The minimum atomic E-state index is -4.51. The number of anilines is 2. The van der Waals surface area contributed by atoms with Crippen molar-refractivity contribution in [3.05, 3.63) is 71.4 Å². The molecule has 1 aliphatic heterocycles. The predicted octanol–water partition coefficient (Wildman–Crippen LogP) is 4.11. The van der Waals surface area contributed by atoms with Crippen LogP contribution in [0.25, 0.3) is 0 Å². The van der Waals surface area contributed by atoms with Crippen LogP contribution < -0.4 is 10.2 Å². The summed E-state index contributed by atoms with van der Waals surface area (Å²) in [5.74, 6) is -0.754. The lowest BCUT2D eigenvalue weighted by Gasteiger charge is -2.15. The Morgan fingerprint density at radius 2 is 1.96 bits per heavy atom. The topological polar surface area (TPSA) is 56.1 Å². The Hall–Kier alpha value is -3.27. The average Bonchev–Trinajstić information content (AvgIpc) is 3.02. The first-order valence-electron chi connectivity index (χ1n) is 7.83. The quantitative estimate of drug-likeness (QED) is 0.664. The molecule has 3 rings (SSSR count). The summed E-state index contributed by atoms with van der Waals surface area (Å²) < 4.78 is 38.3. The summed E-state index contributed by atoms with van der Waals surface area (Å²) in [6, 6.07) is 13.7. The number of benzene rings is 2. The van der Waals surface area contributed by atoms with Gasteiger partial charge in [0, 0.05) is 24.1 Å². The zero-order valence-electron chi connectivity index (χ0n) is 13.5. The number of nitriles is 1. The minimum absolute atomic E-state index is 0.0206. The summed E-state index contributed by atoms with van der Waals surface area (Å²) in [4.78, 5) is 14.1. The second-order valence-electron chi connectivity index (χ2n) is 5.76. The summed E-state index contributed by atoms with van der Waals surface area (Å²) >= 11 is 0. The second kappa shape index (κ2) is 6.92. The van der Waals surface area contributed by atoms with Gasteiger partial charge < -0.3 is 10.2 Å². The fourth-order valence-corrected chi connectivity index (χ4v) is 2.76. The van der Waals surface area contributed by atoms with Crippen molar-refractivity contribution in [1.29, 1.82) is 5.26 Å². The molecule has 0 radical (unpaired) electrons. The van der Waals surface area contributed by atoms with Crippen LogP contribution >= 0.6 is 0 Å². The predicted molar refractivity (Wildman–Crippen MR) is 91.3 cm³/mol. The lowest BCUT2D eigenvalue weighted by atomic mass is 10.2. The van der Waals surface area contributed by atoms with E-state index in [1.807, 2.05) is 30.3 Å². The van der Waals surface area contributed by atoms with Gasteiger partial charge in [0.1, 0.15) is 11.6 Å². The number of halogens is 3. The highest BCUT2D eigenvalue weighted by Gasteiger charge is 2.30. The van der Waals surface area contributed by atoms with Gasteiger partial charge in [-0.05, 0) is 36.2 Å². The third-order valence-electron chi connectivity index (χ3n) is 4.02. The van der Waals surface area contributed by atoms with Gasteiger partial charge in [-0.3, -0.25) is 4.79 Å². The van der Waals surface area contributed by atoms with Gasteiger partial charge in [-0.1, -0.05) is 24.3 Å². The van der Waals surface area contributed by atoms with Crippen LogP contribution in [0.1, 0.15) is 11.1 Å². The Morgan fingerprint density at radius 1 is 1.19 bits per heavy atom. The molecule has 0 spiro atoms. The minimum Gasteiger partial charge on any atom is -0.346 e. The Bertz CT molecular complexity index is 913. The molecular weight excluding hydrogens is 343 g/mol. The summed E-state index contributed by atoms with van der Waals surface area (Å²) in [7, 11) is 0. The van der Waals surface area contributed by atoms with E-state index in [0.717, 1.165) is 29.8 Å². The van der Waals surface area contributed by atoms with Crippen LogP contribution in [0.4, 0.5) is 24.5 Å². The third kappa shape index (κ3) is 3.70. The molecule has 0 saturated heterocycles. The number of nitrogens with one attached hydrogen (secondary N) is 1. The smallest absolute Gasteiger partial charge is 0.346 e. The Kier molecular flexibility index (Phi) is 4.67. The van der Waals surface area contributed by atoms with Gasteiger partial charge in [0.15, 0.2) is 0 Å². The molecule has 0 aliphatic carbocycles. The molecule has 0 unspecified atom stereocenters. The summed E-state index contributed by atoms with van der Waals surface area (Å²) in [6.45, 7) is 0.626. The zero-order chi connectivity index (χ0) is 18.7. The van der Waals surface area contributed by atoms with E-state index in [4.69, 9.17) is 0 Å². The molecule has 132 valence electrons. The van der Waals surface area contributed by atoms with Gasteiger partial charge in [0.05, 0.1) is 5.56 Å². The van der Waals surface area contributed by atoms with Crippen molar-refractivity contribution >= 4 is 17.3 Å². The average molecular weight is 357 g/mol. The molecule has 7 heteroatoms. The number of carbonyl (C=O) groups excluding carboxylic acids is 1. The monoisotopic (exact) mass is 357 g/mol. The number of hydrogen-bond acceptors (Lipinski definition) is 3. The van der Waals surface area contributed by atoms with Crippen LogP contribution in [-0.2, 0) is 17.4 Å². The van der Waals surface area contributed by atoms with Crippen LogP contribution in [0.5, 0.6) is 0 Å². The first kappa shape index (κ1) is 17.5. The molecule has 0 fully saturated rings. The van der Waals surface area contributed by atoms with E-state index in [-0.39, 0.29) is 11.3 Å². The lowest BCUT2D eigenvalue weighted by Crippen LogP contribution is -2.19. The number of rotatable bonds is 3. The number of nitrogens with zero attached hydrogens (tertiary/aromatic N) is 2. The van der Waals surface area contributed by atoms with Gasteiger partial charge >= 0.3 is 6.18 Å². The van der Waals surface area contributed by atoms with Gasteiger partial charge in [0.25, 0.3) is 5.91 Å². The molecule has 0 atom stereocenters. The first-order valence-corrected chi connectivity index (χ1v) is 7.83. The van der Waals surface area contributed by atoms with E-state index in [1.54, 1.807) is 4.90 Å². The maximum atomic E-state index is 12.8. The molecule has 0 bridgehead atoms. The molecule has 4 nitrogen and oxygen atoms in total. The van der Waals surface area contributed by atoms with Crippen LogP contribution in [-0.4, -0.2) is 12.5 Å². The molecule has 1 amide bonds. The van der Waals surface area contributed by atoms with Crippen LogP contribution in [0.3, 0.4) is 0 Å². The largest absolute Gasteiger partial charge is 0.416 e. The molecule has 0 aromatic heterocycles. The highest BCUT2D eigenvalue weighted by atomic mass is 19.4. The van der Waals surface area contributed by atoms with Crippen LogP contribution in [0, 0.1) is 11.3 Å². The number of alkyl halides is 3. The summed E-state index contributed by atoms with van der Waals surface area (Å²) in [6.07, 6.45) is -2.29. The summed E-state index contributed by atoms with van der Waals surface area (Å²) in [5, 5.41) is 11.6. The fourth-order valence-electron chi connectivity index (χ4n) is 2.76. The van der Waals surface area contributed by atoms with Gasteiger partial charge in [-0.25, -0.2) is 0 Å². The van der Waals surface area contributed by atoms with E-state index in [0.29, 0.717) is 6.54 Å². The van der Waals surface area contributed by atoms with Crippen molar-refractivity contribution in [3.63, 3.8) is 0 Å². The molecule has 2 aromatic rings. The Morgan fingerprint density at radius 3 is 2.69 bits per heavy atom. The molecule has 2 aromatic carbocycles. The van der Waals surface area contributed by atoms with Crippen LogP contribution in [0.2, 0.25) is 0 Å². The first-order chi connectivity index (χ1) is 12.4. The Balaban J connectivity index is 1.80. The number of para-hydroxylation sites is 1. The molecule has 1 heterocycles. The summed E-state index contributed by atoms with van der Waals surface area (Å²) in [5.41, 5.74) is 0.949. The SMILES string of the molecule is N#C/C(=C/N1CCc2ccccc21)C(=O)Nc1cccc(C(F)(F)F)c1. The van der Waals surface area contributed by atoms with Crippen molar-refractivity contribution in [2.24, 2.45) is 0 Å². The van der Waals surface area contributed by atoms with Crippen molar-refractivity contribution in [3.8, 4) is 6.07 Å². The molecule has 26 heavy (non-hydrogen) atoms. The maximum Gasteiger partial charge on any atom is 0.416 e. The number of hydrogen-bond donors (Lipinski definition) is 1. The van der Waals surface area contributed by atoms with E-state index >= 15 is 0 Å². The normalized spacial score (nSPS) is 13.9. The number of carbonyl (C=O) groups is 1. The van der Waals surface area contributed by atoms with Gasteiger partial charge in [-0.15, -0.1) is 0 Å². The molecule has 0 saturated carbocycles. The van der Waals surface area contributed by atoms with E-state index in [9.17, 15) is 23.2 Å². The van der Waals surface area contributed by atoms with Crippen molar-refractivity contribution in [1.82, 2.24) is 0 Å². The van der Waals surface area contributed by atoms with Crippen molar-refractivity contribution < 1.29 is 18.0 Å². The van der Waals surface area contributed by atoms with Crippen molar-refractivity contribution in [2.75, 3.05) is 16.8 Å². The van der Waals surface area contributed by atoms with Gasteiger partial charge in [0.2, 0.25) is 0 Å². The zero-order valence-corrected chi connectivity index (χ0v) is 13.5. The molecule has 1 aliphatic rings. The Labute approximate surface area is 148 Å². The van der Waals surface area contributed by atoms with Gasteiger partial charge in [-0.2, -0.15) is 18.4 Å². The highest BCUT2D eigenvalue weighted by molar-refractivity contribution is 6.06. The lowest BCUT2D eigenvalue weighted by molar-refractivity contribution is -0.137. The number of fused-ring (bicyclic) bond motifs is 1. The van der Waals surface area contributed by atoms with E-state index in [1.165, 1.54) is 18.3 Å². The van der Waals surface area contributed by atoms with E-state index in [2.05, 4.69) is 5.32 Å². The maximum absolute atomic E-state index is 12.8. The highest BCUT2D eigenvalue weighted by Crippen LogP contribution is 2.31. The van der Waals surface area contributed by atoms with Crippen LogP contribution in [0.15, 0.2) is 60.3 Å². The third-order valence-corrected chi connectivity index (χ3v) is 4.02. The fraction of sp³-hybridized carbons (Fsp3) is 0.158. The molecule has 1 N–H and O–H groups in total. The van der Waals surface area contributed by atoms with E-state index < -0.39 is 17.6 Å². The molecular formula is C19H14F3N3O. The van der Waals surface area contributed by atoms with Crippen molar-refractivity contribution in [2.45, 2.75) is 12.6 Å². The second-order valence-corrected chi connectivity index (χ2v) is 5.76.